The number of carbonyl (C=O) groups is 1. The summed E-state index contributed by atoms with van der Waals surface area (Å²) in [6.07, 6.45) is 3.28. The third-order valence-corrected chi connectivity index (χ3v) is 5.98. The maximum atomic E-state index is 12.5. The Kier molecular flexibility index (Phi) is 5.56. The van der Waals surface area contributed by atoms with E-state index >= 15 is 0 Å². The number of hydrogen-bond donors (Lipinski definition) is 1. The fraction of sp³-hybridized carbons (Fsp3) is 0.500. The highest BCUT2D eigenvalue weighted by Crippen LogP contribution is 2.32. The molecule has 0 aliphatic heterocycles. The molecule has 118 valence electrons. The van der Waals surface area contributed by atoms with E-state index in [1.807, 2.05) is 6.07 Å². The fourth-order valence-electron chi connectivity index (χ4n) is 3.02. The van der Waals surface area contributed by atoms with Crippen LogP contribution in [0.5, 0.6) is 0 Å². The van der Waals surface area contributed by atoms with Crippen molar-refractivity contribution in [2.75, 3.05) is 12.3 Å². The fourth-order valence-corrected chi connectivity index (χ4v) is 4.74. The van der Waals surface area contributed by atoms with E-state index in [4.69, 9.17) is 5.26 Å². The SMILES string of the molecule is N#CCNC(=O)[C@H]1CCCC[C@@H]1CS(=O)(=O)c1ccccc1. The third kappa shape index (κ3) is 4.08. The number of hydrogen-bond acceptors (Lipinski definition) is 4. The second kappa shape index (κ2) is 7.41. The van der Waals surface area contributed by atoms with Crippen molar-refractivity contribution in [3.63, 3.8) is 0 Å². The monoisotopic (exact) mass is 320 g/mol. The molecule has 1 amide bonds. The first-order valence-electron chi connectivity index (χ1n) is 7.47. The Morgan fingerprint density at radius 3 is 2.59 bits per heavy atom. The molecular weight excluding hydrogens is 300 g/mol. The van der Waals surface area contributed by atoms with Crippen LogP contribution in [-0.4, -0.2) is 26.6 Å². The minimum absolute atomic E-state index is 0.0122. The van der Waals surface area contributed by atoms with Gasteiger partial charge in [0, 0.05) is 5.92 Å². The van der Waals surface area contributed by atoms with Crippen LogP contribution >= 0.6 is 0 Å². The number of nitriles is 1. The minimum atomic E-state index is -3.39. The maximum absolute atomic E-state index is 12.5. The normalized spacial score (nSPS) is 21.8. The van der Waals surface area contributed by atoms with Gasteiger partial charge in [-0.25, -0.2) is 8.42 Å². The molecular formula is C16H20N2O3S. The predicted molar refractivity (Wildman–Crippen MR) is 82.6 cm³/mol. The van der Waals surface area contributed by atoms with Gasteiger partial charge in [0.05, 0.1) is 16.7 Å². The summed E-state index contributed by atoms with van der Waals surface area (Å²) in [4.78, 5) is 12.4. The second-order valence-electron chi connectivity index (χ2n) is 5.62. The summed E-state index contributed by atoms with van der Waals surface area (Å²) in [7, 11) is -3.39. The zero-order valence-electron chi connectivity index (χ0n) is 12.4. The average Bonchev–Trinajstić information content (AvgIpc) is 2.53. The van der Waals surface area contributed by atoms with E-state index in [0.29, 0.717) is 11.3 Å². The molecule has 2 rings (SSSR count). The lowest BCUT2D eigenvalue weighted by Crippen LogP contribution is -2.39. The van der Waals surface area contributed by atoms with Gasteiger partial charge in [0.25, 0.3) is 0 Å². The van der Waals surface area contributed by atoms with E-state index in [1.54, 1.807) is 30.3 Å². The van der Waals surface area contributed by atoms with Crippen molar-refractivity contribution in [2.24, 2.45) is 11.8 Å². The summed E-state index contributed by atoms with van der Waals surface area (Å²) in [5.74, 6) is -0.713. The Morgan fingerprint density at radius 2 is 1.91 bits per heavy atom. The Labute approximate surface area is 131 Å². The summed E-state index contributed by atoms with van der Waals surface area (Å²) in [6.45, 7) is -0.0342. The van der Waals surface area contributed by atoms with Crippen LogP contribution in [0, 0.1) is 23.2 Å². The zero-order valence-corrected chi connectivity index (χ0v) is 13.2. The molecule has 1 N–H and O–H groups in total. The van der Waals surface area contributed by atoms with Crippen molar-refractivity contribution >= 4 is 15.7 Å². The first-order chi connectivity index (χ1) is 10.5. The molecule has 1 aromatic carbocycles. The summed E-state index contributed by atoms with van der Waals surface area (Å²) in [6, 6.07) is 10.2. The molecule has 1 aliphatic rings. The highest BCUT2D eigenvalue weighted by Gasteiger charge is 2.34. The van der Waals surface area contributed by atoms with Crippen LogP contribution < -0.4 is 5.32 Å². The van der Waals surface area contributed by atoms with Gasteiger partial charge >= 0.3 is 0 Å². The molecule has 2 atom stereocenters. The smallest absolute Gasteiger partial charge is 0.224 e. The largest absolute Gasteiger partial charge is 0.343 e. The Balaban J connectivity index is 2.12. The van der Waals surface area contributed by atoms with Crippen LogP contribution in [0.4, 0.5) is 0 Å². The van der Waals surface area contributed by atoms with Crippen LogP contribution in [0.1, 0.15) is 25.7 Å². The number of amides is 1. The van der Waals surface area contributed by atoms with Crippen molar-refractivity contribution in [2.45, 2.75) is 30.6 Å². The topological polar surface area (TPSA) is 87.0 Å². The van der Waals surface area contributed by atoms with Gasteiger partial charge in [-0.05, 0) is 30.9 Å². The van der Waals surface area contributed by atoms with Gasteiger partial charge in [-0.3, -0.25) is 4.79 Å². The summed E-state index contributed by atoms with van der Waals surface area (Å²) in [5, 5.41) is 11.1. The Morgan fingerprint density at radius 1 is 1.23 bits per heavy atom. The molecule has 0 radical (unpaired) electrons. The molecule has 0 bridgehead atoms. The second-order valence-corrected chi connectivity index (χ2v) is 7.66. The first kappa shape index (κ1) is 16.5. The number of nitrogens with one attached hydrogen (secondary N) is 1. The molecule has 1 fully saturated rings. The van der Waals surface area contributed by atoms with Gasteiger partial charge < -0.3 is 5.32 Å². The summed E-state index contributed by atoms with van der Waals surface area (Å²) < 4.78 is 25.0. The molecule has 1 aromatic rings. The van der Waals surface area contributed by atoms with Gasteiger partial charge in [0.2, 0.25) is 5.91 Å². The lowest BCUT2D eigenvalue weighted by atomic mass is 9.80. The average molecular weight is 320 g/mol. The van der Waals surface area contributed by atoms with Crippen molar-refractivity contribution < 1.29 is 13.2 Å². The highest BCUT2D eigenvalue weighted by molar-refractivity contribution is 7.91. The van der Waals surface area contributed by atoms with Gasteiger partial charge in [-0.2, -0.15) is 5.26 Å². The van der Waals surface area contributed by atoms with E-state index in [9.17, 15) is 13.2 Å². The van der Waals surface area contributed by atoms with E-state index in [1.165, 1.54) is 0 Å². The Hall–Kier alpha value is -1.87. The summed E-state index contributed by atoms with van der Waals surface area (Å²) >= 11 is 0. The molecule has 0 unspecified atom stereocenters. The Bertz CT molecular complexity index is 650. The molecule has 1 aliphatic carbocycles. The van der Waals surface area contributed by atoms with Crippen molar-refractivity contribution in [3.8, 4) is 6.07 Å². The number of sulfone groups is 1. The zero-order chi connectivity index (χ0) is 16.0. The van der Waals surface area contributed by atoms with Crippen molar-refractivity contribution in [3.05, 3.63) is 30.3 Å². The van der Waals surface area contributed by atoms with Gasteiger partial charge in [0.15, 0.2) is 9.84 Å². The van der Waals surface area contributed by atoms with Crippen LogP contribution in [0.25, 0.3) is 0 Å². The molecule has 6 heteroatoms. The van der Waals surface area contributed by atoms with Gasteiger partial charge in [0.1, 0.15) is 6.54 Å². The van der Waals surface area contributed by atoms with E-state index in [0.717, 1.165) is 19.3 Å². The van der Waals surface area contributed by atoms with E-state index < -0.39 is 9.84 Å². The molecule has 0 spiro atoms. The van der Waals surface area contributed by atoms with Crippen LogP contribution in [0.3, 0.4) is 0 Å². The highest BCUT2D eigenvalue weighted by atomic mass is 32.2. The van der Waals surface area contributed by atoms with Crippen molar-refractivity contribution in [1.82, 2.24) is 5.32 Å². The maximum Gasteiger partial charge on any atom is 0.224 e. The van der Waals surface area contributed by atoms with Crippen LogP contribution in [0.2, 0.25) is 0 Å². The molecule has 0 heterocycles. The number of nitrogens with zero attached hydrogens (tertiary/aromatic N) is 1. The standard InChI is InChI=1S/C16H20N2O3S/c17-10-11-18-16(19)15-9-5-4-6-13(15)12-22(20,21)14-7-2-1-3-8-14/h1-3,7-8,13,15H,4-6,9,11-12H2,(H,18,19)/t13-,15+/m1/s1. The quantitative estimate of drug-likeness (QED) is 0.840. The number of rotatable bonds is 5. The predicted octanol–water partition coefficient (Wildman–Crippen LogP) is 1.91. The lowest BCUT2D eigenvalue weighted by molar-refractivity contribution is -0.127. The first-order valence-corrected chi connectivity index (χ1v) is 9.12. The third-order valence-electron chi connectivity index (χ3n) is 4.12. The molecule has 5 nitrogen and oxygen atoms in total. The van der Waals surface area contributed by atoms with Crippen molar-refractivity contribution in [1.29, 1.82) is 5.26 Å². The molecule has 22 heavy (non-hydrogen) atoms. The summed E-state index contributed by atoms with van der Waals surface area (Å²) in [5.41, 5.74) is 0. The van der Waals surface area contributed by atoms with Gasteiger partial charge in [-0.15, -0.1) is 0 Å². The van der Waals surface area contributed by atoms with E-state index in [-0.39, 0.29) is 30.0 Å². The van der Waals surface area contributed by atoms with Crippen LogP contribution in [-0.2, 0) is 14.6 Å². The molecule has 0 aromatic heterocycles. The molecule has 1 saturated carbocycles. The molecule has 0 saturated heterocycles. The number of benzene rings is 1. The van der Waals surface area contributed by atoms with E-state index in [2.05, 4.69) is 5.32 Å². The van der Waals surface area contributed by atoms with Crippen LogP contribution in [0.15, 0.2) is 35.2 Å². The lowest BCUT2D eigenvalue weighted by Gasteiger charge is -2.30. The number of carbonyl (C=O) groups excluding carboxylic acids is 1. The minimum Gasteiger partial charge on any atom is -0.343 e. The van der Waals surface area contributed by atoms with Gasteiger partial charge in [-0.1, -0.05) is 31.0 Å².